The number of hydrogen-bond donors (Lipinski definition) is 2. The largest absolute Gasteiger partial charge is 0.477 e. The highest BCUT2D eigenvalue weighted by molar-refractivity contribution is 5.47. The smallest absolute Gasteiger partial charge is 0.221 e. The molecule has 0 saturated carbocycles. The highest BCUT2D eigenvalue weighted by Crippen LogP contribution is 2.24. The van der Waals surface area contributed by atoms with Crippen LogP contribution in [0, 0.1) is 6.92 Å². The first-order valence-corrected chi connectivity index (χ1v) is 5.69. The maximum Gasteiger partial charge on any atom is 0.221 e. The fourth-order valence-electron chi connectivity index (χ4n) is 1.29. The van der Waals surface area contributed by atoms with Gasteiger partial charge in [0.15, 0.2) is 0 Å². The van der Waals surface area contributed by atoms with Crippen LogP contribution < -0.4 is 16.0 Å². The minimum absolute atomic E-state index is 0.226. The number of nitrogens with one attached hydrogen (secondary N) is 1. The Labute approximate surface area is 102 Å². The molecule has 0 radical (unpaired) electrons. The standard InChI is InChI=1S/C12H20N4O/c1-5-6-7-17-12-9(4)11(16-13)14-10(15-12)8(2)3/h5,8H,1,6-7,13H2,2-4H3,(H,14,15,16). The van der Waals surface area contributed by atoms with Crippen LogP contribution in [0.4, 0.5) is 5.82 Å². The van der Waals surface area contributed by atoms with E-state index in [1.807, 2.05) is 26.8 Å². The van der Waals surface area contributed by atoms with Crippen molar-refractivity contribution in [2.24, 2.45) is 5.84 Å². The highest BCUT2D eigenvalue weighted by atomic mass is 16.5. The molecular weight excluding hydrogens is 216 g/mol. The lowest BCUT2D eigenvalue weighted by Gasteiger charge is -2.13. The lowest BCUT2D eigenvalue weighted by molar-refractivity contribution is 0.308. The molecule has 1 aromatic rings. The van der Waals surface area contributed by atoms with E-state index in [1.165, 1.54) is 0 Å². The van der Waals surface area contributed by atoms with Gasteiger partial charge in [-0.1, -0.05) is 19.9 Å². The van der Waals surface area contributed by atoms with Gasteiger partial charge < -0.3 is 10.2 Å². The van der Waals surface area contributed by atoms with Crippen molar-refractivity contribution >= 4 is 5.82 Å². The van der Waals surface area contributed by atoms with E-state index in [0.29, 0.717) is 18.3 Å². The van der Waals surface area contributed by atoms with Gasteiger partial charge in [0.05, 0.1) is 12.2 Å². The Balaban J connectivity index is 3.00. The molecule has 0 saturated heterocycles. The van der Waals surface area contributed by atoms with Crippen LogP contribution in [0.2, 0.25) is 0 Å². The monoisotopic (exact) mass is 236 g/mol. The molecule has 3 N–H and O–H groups in total. The zero-order valence-corrected chi connectivity index (χ0v) is 10.7. The lowest BCUT2D eigenvalue weighted by atomic mass is 10.2. The third-order valence-corrected chi connectivity index (χ3v) is 2.33. The summed E-state index contributed by atoms with van der Waals surface area (Å²) in [5.41, 5.74) is 3.39. The molecule has 0 aliphatic rings. The summed E-state index contributed by atoms with van der Waals surface area (Å²) in [7, 11) is 0. The molecule has 1 rings (SSSR count). The quantitative estimate of drug-likeness (QED) is 0.342. The van der Waals surface area contributed by atoms with Crippen LogP contribution in [0.3, 0.4) is 0 Å². The fraction of sp³-hybridized carbons (Fsp3) is 0.500. The van der Waals surface area contributed by atoms with Crippen molar-refractivity contribution in [3.05, 3.63) is 24.0 Å². The van der Waals surface area contributed by atoms with Gasteiger partial charge in [-0.15, -0.1) is 6.58 Å². The Kier molecular flexibility index (Phi) is 4.90. The summed E-state index contributed by atoms with van der Waals surface area (Å²) in [6.45, 7) is 10.1. The van der Waals surface area contributed by atoms with Gasteiger partial charge in [-0.05, 0) is 13.3 Å². The summed E-state index contributed by atoms with van der Waals surface area (Å²) < 4.78 is 5.59. The summed E-state index contributed by atoms with van der Waals surface area (Å²) in [6.07, 6.45) is 2.59. The molecule has 0 aromatic carbocycles. The average molecular weight is 236 g/mol. The van der Waals surface area contributed by atoms with E-state index in [0.717, 1.165) is 17.8 Å². The van der Waals surface area contributed by atoms with Crippen LogP contribution in [0.5, 0.6) is 5.88 Å². The molecule has 0 bridgehead atoms. The molecule has 17 heavy (non-hydrogen) atoms. The normalized spacial score (nSPS) is 10.4. The van der Waals surface area contributed by atoms with Crippen LogP contribution in [0.25, 0.3) is 0 Å². The Morgan fingerprint density at radius 3 is 2.71 bits per heavy atom. The predicted molar refractivity (Wildman–Crippen MR) is 69.0 cm³/mol. The van der Waals surface area contributed by atoms with E-state index in [-0.39, 0.29) is 5.92 Å². The topological polar surface area (TPSA) is 73.1 Å². The van der Waals surface area contributed by atoms with Gasteiger partial charge in [-0.3, -0.25) is 0 Å². The Morgan fingerprint density at radius 2 is 2.18 bits per heavy atom. The van der Waals surface area contributed by atoms with E-state index < -0.39 is 0 Å². The molecule has 0 atom stereocenters. The molecule has 0 unspecified atom stereocenters. The maximum atomic E-state index is 5.59. The van der Waals surface area contributed by atoms with Crippen molar-refractivity contribution in [2.75, 3.05) is 12.0 Å². The van der Waals surface area contributed by atoms with Crippen LogP contribution in [0.15, 0.2) is 12.7 Å². The molecule has 0 spiro atoms. The van der Waals surface area contributed by atoms with Gasteiger partial charge in [-0.2, -0.15) is 4.98 Å². The first kappa shape index (κ1) is 13.4. The predicted octanol–water partition coefficient (Wildman–Crippen LogP) is 2.15. The van der Waals surface area contributed by atoms with E-state index in [9.17, 15) is 0 Å². The molecule has 0 aliphatic heterocycles. The van der Waals surface area contributed by atoms with Crippen LogP contribution in [-0.2, 0) is 0 Å². The van der Waals surface area contributed by atoms with Crippen LogP contribution in [-0.4, -0.2) is 16.6 Å². The van der Waals surface area contributed by atoms with Gasteiger partial charge in [0.2, 0.25) is 5.88 Å². The van der Waals surface area contributed by atoms with Gasteiger partial charge in [-0.25, -0.2) is 10.8 Å². The fourth-order valence-corrected chi connectivity index (χ4v) is 1.29. The number of aromatic nitrogens is 2. The number of nitrogen functional groups attached to an aromatic ring is 1. The third-order valence-electron chi connectivity index (χ3n) is 2.33. The number of rotatable bonds is 6. The third kappa shape index (κ3) is 3.42. The van der Waals surface area contributed by atoms with Crippen molar-refractivity contribution in [3.63, 3.8) is 0 Å². The molecule has 0 fully saturated rings. The maximum absolute atomic E-state index is 5.59. The second kappa shape index (κ2) is 6.20. The average Bonchev–Trinajstić information content (AvgIpc) is 2.31. The van der Waals surface area contributed by atoms with Gasteiger partial charge >= 0.3 is 0 Å². The Morgan fingerprint density at radius 1 is 1.47 bits per heavy atom. The van der Waals surface area contributed by atoms with Crippen molar-refractivity contribution in [1.82, 2.24) is 9.97 Å². The molecule has 5 nitrogen and oxygen atoms in total. The number of hydrogen-bond acceptors (Lipinski definition) is 5. The van der Waals surface area contributed by atoms with Crippen molar-refractivity contribution < 1.29 is 4.74 Å². The number of hydrazine groups is 1. The summed E-state index contributed by atoms with van der Waals surface area (Å²) in [6, 6.07) is 0. The van der Waals surface area contributed by atoms with Crippen molar-refractivity contribution in [2.45, 2.75) is 33.1 Å². The number of ether oxygens (including phenoxy) is 1. The number of anilines is 1. The highest BCUT2D eigenvalue weighted by Gasteiger charge is 2.13. The second-order valence-corrected chi connectivity index (χ2v) is 4.09. The van der Waals surface area contributed by atoms with Gasteiger partial charge in [0, 0.05) is 5.92 Å². The van der Waals surface area contributed by atoms with Crippen LogP contribution >= 0.6 is 0 Å². The van der Waals surface area contributed by atoms with E-state index in [2.05, 4.69) is 22.0 Å². The second-order valence-electron chi connectivity index (χ2n) is 4.09. The molecule has 94 valence electrons. The lowest BCUT2D eigenvalue weighted by Crippen LogP contribution is -2.14. The number of nitrogens with two attached hydrogens (primary N) is 1. The van der Waals surface area contributed by atoms with E-state index in [4.69, 9.17) is 10.6 Å². The summed E-state index contributed by atoms with van der Waals surface area (Å²) in [4.78, 5) is 8.72. The summed E-state index contributed by atoms with van der Waals surface area (Å²) >= 11 is 0. The zero-order chi connectivity index (χ0) is 12.8. The van der Waals surface area contributed by atoms with Crippen molar-refractivity contribution in [1.29, 1.82) is 0 Å². The minimum Gasteiger partial charge on any atom is -0.477 e. The molecule has 0 amide bonds. The number of nitrogens with zero attached hydrogens (tertiary/aromatic N) is 2. The van der Waals surface area contributed by atoms with E-state index in [1.54, 1.807) is 0 Å². The molecule has 5 heteroatoms. The molecule has 1 heterocycles. The zero-order valence-electron chi connectivity index (χ0n) is 10.7. The van der Waals surface area contributed by atoms with Gasteiger partial charge in [0.1, 0.15) is 11.6 Å². The van der Waals surface area contributed by atoms with Crippen LogP contribution in [0.1, 0.15) is 37.6 Å². The van der Waals surface area contributed by atoms with Crippen molar-refractivity contribution in [3.8, 4) is 5.88 Å². The molecular formula is C12H20N4O. The van der Waals surface area contributed by atoms with E-state index >= 15 is 0 Å². The first-order valence-electron chi connectivity index (χ1n) is 5.69. The van der Waals surface area contributed by atoms with Gasteiger partial charge in [0.25, 0.3) is 0 Å². The minimum atomic E-state index is 0.226. The first-order chi connectivity index (χ1) is 8.10. The molecule has 0 aliphatic carbocycles. The summed E-state index contributed by atoms with van der Waals surface area (Å²) in [5.74, 6) is 7.57. The Hall–Kier alpha value is -1.62. The molecule has 1 aromatic heterocycles. The summed E-state index contributed by atoms with van der Waals surface area (Å²) in [5, 5.41) is 0. The Bertz CT molecular complexity index is 390. The SMILES string of the molecule is C=CCCOc1nc(C(C)C)nc(NN)c1C.